The zero-order valence-electron chi connectivity index (χ0n) is 17.7. The summed E-state index contributed by atoms with van der Waals surface area (Å²) in [6, 6.07) is 19.1. The maximum Gasteiger partial charge on any atom is 0.229 e. The van der Waals surface area contributed by atoms with Crippen molar-refractivity contribution in [3.63, 3.8) is 0 Å². The highest BCUT2D eigenvalue weighted by atomic mass is 16.5. The Balaban J connectivity index is 1.88. The van der Waals surface area contributed by atoms with E-state index in [0.29, 0.717) is 29.6 Å². The second kappa shape index (κ2) is 8.75. The lowest BCUT2D eigenvalue weighted by molar-refractivity contribution is 0.298. The molecule has 0 aliphatic carbocycles. The van der Waals surface area contributed by atoms with Crippen LogP contribution < -0.4 is 19.9 Å². The highest BCUT2D eigenvalue weighted by Crippen LogP contribution is 2.46. The number of nitrogens with two attached hydrogens (primary N) is 1. The number of benzene rings is 2. The van der Waals surface area contributed by atoms with Gasteiger partial charge in [-0.25, -0.2) is 4.68 Å². The van der Waals surface area contributed by atoms with Crippen LogP contribution in [0.15, 0.2) is 60.0 Å². The Labute approximate surface area is 185 Å². The molecule has 1 aliphatic heterocycles. The SMILES string of the molecule is CCOc1cc(C2C(C#N)=C(N)Oc3c2c(C)nn3-c2ccccc2)ccc1OCC#N. The minimum absolute atomic E-state index is 0.0323. The zero-order valence-corrected chi connectivity index (χ0v) is 17.7. The molecule has 0 radical (unpaired) electrons. The first-order valence-electron chi connectivity index (χ1n) is 10.1. The van der Waals surface area contributed by atoms with Gasteiger partial charge < -0.3 is 19.9 Å². The molecule has 8 nitrogen and oxygen atoms in total. The van der Waals surface area contributed by atoms with E-state index in [0.717, 1.165) is 22.5 Å². The maximum absolute atomic E-state index is 9.89. The lowest BCUT2D eigenvalue weighted by atomic mass is 9.84. The van der Waals surface area contributed by atoms with Gasteiger partial charge in [-0.15, -0.1) is 0 Å². The molecule has 8 heteroatoms. The summed E-state index contributed by atoms with van der Waals surface area (Å²) in [5.41, 5.74) is 9.55. The molecule has 3 aromatic rings. The summed E-state index contributed by atoms with van der Waals surface area (Å²) in [7, 11) is 0. The van der Waals surface area contributed by atoms with Gasteiger partial charge in [0.1, 0.15) is 17.7 Å². The van der Waals surface area contributed by atoms with Crippen LogP contribution in [0, 0.1) is 29.6 Å². The summed E-state index contributed by atoms with van der Waals surface area (Å²) in [6.07, 6.45) is 0. The van der Waals surface area contributed by atoms with Crippen LogP contribution in [0.25, 0.3) is 5.69 Å². The van der Waals surface area contributed by atoms with Gasteiger partial charge in [-0.3, -0.25) is 0 Å². The molecule has 2 aromatic carbocycles. The number of para-hydroxylation sites is 1. The average Bonchev–Trinajstić information content (AvgIpc) is 3.13. The van der Waals surface area contributed by atoms with Gasteiger partial charge in [-0.1, -0.05) is 24.3 Å². The number of fused-ring (bicyclic) bond motifs is 1. The average molecular weight is 427 g/mol. The van der Waals surface area contributed by atoms with E-state index in [9.17, 15) is 5.26 Å². The van der Waals surface area contributed by atoms with Crippen molar-refractivity contribution in [2.75, 3.05) is 13.2 Å². The summed E-state index contributed by atoms with van der Waals surface area (Å²) in [4.78, 5) is 0. The van der Waals surface area contributed by atoms with Crippen LogP contribution in [0.5, 0.6) is 17.4 Å². The summed E-state index contributed by atoms with van der Waals surface area (Å²) in [5.74, 6) is 0.946. The standard InChI is InChI=1S/C24H21N5O3/c1-3-30-20-13-16(9-10-19(20)31-12-11-25)22-18(14-26)23(27)32-24-21(22)15(2)28-29(24)17-7-5-4-6-8-17/h4-10,13,22H,3,12,27H2,1-2H3. The van der Waals surface area contributed by atoms with Crippen LogP contribution >= 0.6 is 0 Å². The third kappa shape index (κ3) is 3.59. The van der Waals surface area contributed by atoms with Gasteiger partial charge in [0.25, 0.3) is 0 Å². The molecule has 0 saturated heterocycles. The first kappa shape index (κ1) is 20.8. The molecular weight excluding hydrogens is 406 g/mol. The third-order valence-electron chi connectivity index (χ3n) is 5.13. The Kier molecular flexibility index (Phi) is 5.69. The van der Waals surface area contributed by atoms with Gasteiger partial charge in [-0.2, -0.15) is 15.6 Å². The van der Waals surface area contributed by atoms with Crippen LogP contribution in [-0.2, 0) is 0 Å². The van der Waals surface area contributed by atoms with Crippen molar-refractivity contribution >= 4 is 0 Å². The smallest absolute Gasteiger partial charge is 0.229 e. The van der Waals surface area contributed by atoms with E-state index in [1.54, 1.807) is 16.8 Å². The largest absolute Gasteiger partial charge is 0.490 e. The van der Waals surface area contributed by atoms with Gasteiger partial charge in [-0.05, 0) is 43.7 Å². The number of nitrogens with zero attached hydrogens (tertiary/aromatic N) is 4. The topological polar surface area (TPSA) is 119 Å². The summed E-state index contributed by atoms with van der Waals surface area (Å²) < 4.78 is 18.8. The number of rotatable bonds is 6. The number of hydrogen-bond donors (Lipinski definition) is 1. The Hall–Kier alpha value is -4.43. The lowest BCUT2D eigenvalue weighted by Gasteiger charge is -2.25. The number of ether oxygens (including phenoxy) is 3. The summed E-state index contributed by atoms with van der Waals surface area (Å²) in [6.45, 7) is 4.05. The molecule has 0 saturated carbocycles. The second-order valence-electron chi connectivity index (χ2n) is 7.06. The van der Waals surface area contributed by atoms with Crippen molar-refractivity contribution in [1.29, 1.82) is 10.5 Å². The maximum atomic E-state index is 9.89. The normalized spacial score (nSPS) is 14.7. The molecule has 0 amide bonds. The van der Waals surface area contributed by atoms with Crippen molar-refractivity contribution in [2.24, 2.45) is 5.73 Å². The fraction of sp³-hybridized carbons (Fsp3) is 0.208. The predicted molar refractivity (Wildman–Crippen MR) is 116 cm³/mol. The molecule has 160 valence electrons. The van der Waals surface area contributed by atoms with E-state index in [2.05, 4.69) is 11.2 Å². The number of aryl methyl sites for hydroxylation is 1. The predicted octanol–water partition coefficient (Wildman–Crippen LogP) is 3.70. The first-order chi connectivity index (χ1) is 15.6. The van der Waals surface area contributed by atoms with Gasteiger partial charge in [0.15, 0.2) is 18.1 Å². The molecule has 1 unspecified atom stereocenters. The molecule has 32 heavy (non-hydrogen) atoms. The molecule has 0 bridgehead atoms. The number of nitriles is 2. The van der Waals surface area contributed by atoms with Crippen LogP contribution in [0.1, 0.15) is 29.7 Å². The van der Waals surface area contributed by atoms with Crippen molar-refractivity contribution in [3.8, 4) is 35.2 Å². The van der Waals surface area contributed by atoms with Crippen LogP contribution in [0.3, 0.4) is 0 Å². The van der Waals surface area contributed by atoms with Gasteiger partial charge in [0, 0.05) is 0 Å². The minimum Gasteiger partial charge on any atom is -0.490 e. The Morgan fingerprint density at radius 3 is 2.59 bits per heavy atom. The molecule has 1 aromatic heterocycles. The van der Waals surface area contributed by atoms with Gasteiger partial charge >= 0.3 is 0 Å². The number of allylic oxidation sites excluding steroid dienone is 1. The van der Waals surface area contributed by atoms with Crippen molar-refractivity contribution in [2.45, 2.75) is 19.8 Å². The van der Waals surface area contributed by atoms with E-state index in [4.69, 9.17) is 25.2 Å². The van der Waals surface area contributed by atoms with Crippen molar-refractivity contribution in [3.05, 3.63) is 76.8 Å². The molecule has 4 rings (SSSR count). The Bertz CT molecular complexity index is 1270. The molecule has 0 fully saturated rings. The van der Waals surface area contributed by atoms with E-state index < -0.39 is 5.92 Å². The molecule has 0 spiro atoms. The van der Waals surface area contributed by atoms with E-state index >= 15 is 0 Å². The first-order valence-corrected chi connectivity index (χ1v) is 10.1. The Morgan fingerprint density at radius 2 is 1.91 bits per heavy atom. The molecule has 1 aliphatic rings. The fourth-order valence-electron chi connectivity index (χ4n) is 3.79. The molecule has 2 heterocycles. The van der Waals surface area contributed by atoms with E-state index in [1.165, 1.54) is 0 Å². The van der Waals surface area contributed by atoms with Crippen LogP contribution in [0.2, 0.25) is 0 Å². The van der Waals surface area contributed by atoms with Gasteiger partial charge in [0.05, 0.1) is 29.5 Å². The number of aromatic nitrogens is 2. The summed E-state index contributed by atoms with van der Waals surface area (Å²) in [5, 5.41) is 23.4. The van der Waals surface area contributed by atoms with Gasteiger partial charge in [0.2, 0.25) is 11.8 Å². The monoisotopic (exact) mass is 427 g/mol. The highest BCUT2D eigenvalue weighted by Gasteiger charge is 2.36. The zero-order chi connectivity index (χ0) is 22.7. The molecular formula is C24H21N5O3. The molecule has 1 atom stereocenters. The van der Waals surface area contributed by atoms with Crippen LogP contribution in [0.4, 0.5) is 0 Å². The van der Waals surface area contributed by atoms with E-state index in [-0.39, 0.29) is 12.5 Å². The lowest BCUT2D eigenvalue weighted by Crippen LogP contribution is -2.22. The van der Waals surface area contributed by atoms with Crippen molar-refractivity contribution < 1.29 is 14.2 Å². The third-order valence-corrected chi connectivity index (χ3v) is 5.13. The van der Waals surface area contributed by atoms with E-state index in [1.807, 2.05) is 56.3 Å². The summed E-state index contributed by atoms with van der Waals surface area (Å²) >= 11 is 0. The number of hydrogen-bond acceptors (Lipinski definition) is 7. The fourth-order valence-corrected chi connectivity index (χ4v) is 3.79. The highest BCUT2D eigenvalue weighted by molar-refractivity contribution is 5.59. The molecule has 2 N–H and O–H groups in total. The second-order valence-corrected chi connectivity index (χ2v) is 7.06. The Morgan fingerprint density at radius 1 is 1.12 bits per heavy atom. The van der Waals surface area contributed by atoms with Crippen LogP contribution in [-0.4, -0.2) is 23.0 Å². The van der Waals surface area contributed by atoms with Crippen molar-refractivity contribution in [1.82, 2.24) is 9.78 Å². The quantitative estimate of drug-likeness (QED) is 0.637. The minimum atomic E-state index is -0.495.